The Balaban J connectivity index is 1.28. The molecule has 2 fully saturated rings. The van der Waals surface area contributed by atoms with Crippen LogP contribution in [0.1, 0.15) is 68.9 Å². The van der Waals surface area contributed by atoms with E-state index in [1.807, 2.05) is 56.4 Å². The van der Waals surface area contributed by atoms with Crippen LogP contribution in [0.25, 0.3) is 10.4 Å². The molecular formula is C30H37N5O4S2. The number of hydrogen-bond acceptors (Lipinski definition) is 7. The number of nitrogens with zero attached hydrogens (tertiary/aromatic N) is 1. The second-order valence-electron chi connectivity index (χ2n) is 11.0. The van der Waals surface area contributed by atoms with E-state index in [1.165, 1.54) is 0 Å². The van der Waals surface area contributed by atoms with Crippen LogP contribution in [0, 0.1) is 4.78 Å². The Kier molecular flexibility index (Phi) is 8.94. The van der Waals surface area contributed by atoms with Crippen molar-refractivity contribution in [2.75, 3.05) is 5.32 Å². The number of hydrogen-bond donors (Lipinski definition) is 4. The van der Waals surface area contributed by atoms with E-state index in [1.54, 1.807) is 23.5 Å². The standard InChI is InChI=1S/C30H37N5O4S2/c1-19(2)39-30(37)35-22-10-8-21(9-11-22)28-32-18-26(40-28)25-15-12-23(16-27(25)41(31,38)24-13-14-24)34-29(36)33-17-20-6-4-3-5-7-20/h3-7,12,15-16,18-19,21-22,24,31H,8-11,13-14,17H2,1-2H3,(H,35,37)(H2,33,34,36)/t21-,22-,41?. The summed E-state index contributed by atoms with van der Waals surface area (Å²) in [5, 5.41) is 9.49. The van der Waals surface area contributed by atoms with Crippen molar-refractivity contribution in [2.24, 2.45) is 0 Å². The first kappa shape index (κ1) is 29.1. The van der Waals surface area contributed by atoms with Crippen LogP contribution in [0.4, 0.5) is 15.3 Å². The van der Waals surface area contributed by atoms with E-state index in [9.17, 15) is 13.8 Å². The average Bonchev–Trinajstić information content (AvgIpc) is 3.71. The number of amides is 3. The number of carbonyl (C=O) groups excluding carboxylic acids is 2. The van der Waals surface area contributed by atoms with Gasteiger partial charge in [-0.25, -0.2) is 23.6 Å². The van der Waals surface area contributed by atoms with Gasteiger partial charge in [-0.15, -0.1) is 11.3 Å². The normalized spacial score (nSPS) is 20.2. The molecule has 2 aliphatic rings. The lowest BCUT2D eigenvalue weighted by atomic mass is 9.86. The fourth-order valence-electron chi connectivity index (χ4n) is 5.09. The SMILES string of the molecule is CC(C)OC(=O)N[C@H]1CC[C@H](c2ncc(-c3ccc(NC(=O)NCc4ccccc4)cc3S(=N)(=O)C3CC3)s2)CC1. The van der Waals surface area contributed by atoms with Crippen molar-refractivity contribution in [1.82, 2.24) is 15.6 Å². The number of urea groups is 1. The van der Waals surface area contributed by atoms with Crippen LogP contribution in [0.15, 0.2) is 59.6 Å². The third-order valence-corrected chi connectivity index (χ3v) is 11.0. The summed E-state index contributed by atoms with van der Waals surface area (Å²) in [7, 11) is -3.05. The molecule has 218 valence electrons. The van der Waals surface area contributed by atoms with Gasteiger partial charge in [0.1, 0.15) is 0 Å². The van der Waals surface area contributed by atoms with E-state index in [2.05, 4.69) is 16.0 Å². The van der Waals surface area contributed by atoms with Crippen LogP contribution in [0.3, 0.4) is 0 Å². The van der Waals surface area contributed by atoms with Gasteiger partial charge in [0.25, 0.3) is 0 Å². The molecule has 2 aromatic carbocycles. The predicted octanol–water partition coefficient (Wildman–Crippen LogP) is 6.86. The minimum Gasteiger partial charge on any atom is -0.447 e. The van der Waals surface area contributed by atoms with Crippen molar-refractivity contribution in [3.05, 3.63) is 65.3 Å². The first-order valence-corrected chi connectivity index (χ1v) is 16.6. The molecule has 4 N–H and O–H groups in total. The van der Waals surface area contributed by atoms with Crippen molar-refractivity contribution in [3.8, 4) is 10.4 Å². The quantitative estimate of drug-likeness (QED) is 0.214. The van der Waals surface area contributed by atoms with Crippen molar-refractivity contribution in [3.63, 3.8) is 0 Å². The molecule has 0 spiro atoms. The summed E-state index contributed by atoms with van der Waals surface area (Å²) in [5.74, 6) is 0.286. The molecule has 9 nitrogen and oxygen atoms in total. The smallest absolute Gasteiger partial charge is 0.407 e. The second-order valence-corrected chi connectivity index (χ2v) is 14.4. The number of anilines is 1. The summed E-state index contributed by atoms with van der Waals surface area (Å²) in [6, 6.07) is 14.7. The van der Waals surface area contributed by atoms with Crippen LogP contribution in [-0.2, 0) is 21.0 Å². The van der Waals surface area contributed by atoms with Gasteiger partial charge in [-0.1, -0.05) is 36.4 Å². The van der Waals surface area contributed by atoms with Gasteiger partial charge in [-0.2, -0.15) is 0 Å². The Labute approximate surface area is 245 Å². The van der Waals surface area contributed by atoms with Gasteiger partial charge in [0.15, 0.2) is 0 Å². The fourth-order valence-corrected chi connectivity index (χ4v) is 8.24. The number of ether oxygens (including phenoxy) is 1. The maximum atomic E-state index is 13.7. The van der Waals surface area contributed by atoms with E-state index < -0.39 is 9.73 Å². The van der Waals surface area contributed by atoms with E-state index in [0.717, 1.165) is 59.5 Å². The van der Waals surface area contributed by atoms with E-state index in [-0.39, 0.29) is 35.4 Å². The van der Waals surface area contributed by atoms with Crippen LogP contribution in [-0.4, -0.2) is 38.7 Å². The topological polar surface area (TPSA) is 133 Å². The van der Waals surface area contributed by atoms with Gasteiger partial charge < -0.3 is 20.7 Å². The van der Waals surface area contributed by atoms with Crippen molar-refractivity contribution < 1.29 is 18.5 Å². The maximum absolute atomic E-state index is 13.7. The summed E-state index contributed by atoms with van der Waals surface area (Å²) in [5.41, 5.74) is 2.23. The van der Waals surface area contributed by atoms with Crippen LogP contribution in [0.5, 0.6) is 0 Å². The Bertz CT molecular complexity index is 1480. The molecule has 2 aliphatic carbocycles. The third-order valence-electron chi connectivity index (χ3n) is 7.39. The molecule has 11 heteroatoms. The van der Waals surface area contributed by atoms with E-state index >= 15 is 0 Å². The number of nitrogens with one attached hydrogen (secondary N) is 4. The largest absolute Gasteiger partial charge is 0.447 e. The molecule has 1 unspecified atom stereocenters. The molecule has 1 atom stereocenters. The average molecular weight is 596 g/mol. The van der Waals surface area contributed by atoms with Crippen molar-refractivity contribution in [2.45, 2.75) is 87.1 Å². The number of benzene rings is 2. The molecule has 0 saturated heterocycles. The predicted molar refractivity (Wildman–Crippen MR) is 162 cm³/mol. The number of thiazole rings is 1. The third kappa shape index (κ3) is 7.45. The number of alkyl carbamates (subject to hydrolysis) is 1. The molecule has 1 heterocycles. The molecule has 0 bridgehead atoms. The van der Waals surface area contributed by atoms with Gasteiger partial charge >= 0.3 is 12.1 Å². The maximum Gasteiger partial charge on any atom is 0.407 e. The fraction of sp³-hybridized carbons (Fsp3) is 0.433. The first-order chi connectivity index (χ1) is 19.7. The number of carbonyl (C=O) groups is 2. The van der Waals surface area contributed by atoms with Crippen molar-refractivity contribution >= 4 is 38.9 Å². The number of rotatable bonds is 9. The van der Waals surface area contributed by atoms with E-state index in [0.29, 0.717) is 17.1 Å². The molecular weight excluding hydrogens is 558 g/mol. The van der Waals surface area contributed by atoms with Crippen LogP contribution < -0.4 is 16.0 Å². The zero-order valence-corrected chi connectivity index (χ0v) is 25.0. The summed E-state index contributed by atoms with van der Waals surface area (Å²) < 4.78 is 27.7. The molecule has 3 aromatic rings. The molecule has 3 amide bonds. The highest BCUT2D eigenvalue weighted by Crippen LogP contribution is 2.43. The zero-order valence-electron chi connectivity index (χ0n) is 23.4. The number of aromatic nitrogens is 1. The van der Waals surface area contributed by atoms with Gasteiger partial charge in [0.2, 0.25) is 0 Å². The van der Waals surface area contributed by atoms with Crippen molar-refractivity contribution in [1.29, 1.82) is 4.78 Å². The Hall–Kier alpha value is -3.44. The first-order valence-electron chi connectivity index (χ1n) is 14.1. The Morgan fingerprint density at radius 2 is 1.80 bits per heavy atom. The van der Waals surface area contributed by atoms with Gasteiger partial charge in [0, 0.05) is 41.2 Å². The monoisotopic (exact) mass is 595 g/mol. The van der Waals surface area contributed by atoms with Gasteiger partial charge in [0.05, 0.1) is 30.6 Å². The summed E-state index contributed by atoms with van der Waals surface area (Å²) in [4.78, 5) is 30.6. The Morgan fingerprint density at radius 3 is 2.49 bits per heavy atom. The highest BCUT2D eigenvalue weighted by atomic mass is 32.2. The summed E-state index contributed by atoms with van der Waals surface area (Å²) >= 11 is 1.57. The minimum atomic E-state index is -3.05. The lowest BCUT2D eigenvalue weighted by Crippen LogP contribution is -2.38. The summed E-state index contributed by atoms with van der Waals surface area (Å²) in [6.45, 7) is 4.05. The van der Waals surface area contributed by atoms with Crippen LogP contribution in [0.2, 0.25) is 0 Å². The van der Waals surface area contributed by atoms with E-state index in [4.69, 9.17) is 14.5 Å². The molecule has 41 heavy (non-hydrogen) atoms. The molecule has 0 aliphatic heterocycles. The molecule has 2 saturated carbocycles. The highest BCUT2D eigenvalue weighted by Gasteiger charge is 2.36. The van der Waals surface area contributed by atoms with Gasteiger partial charge in [-0.05, 0) is 70.1 Å². The highest BCUT2D eigenvalue weighted by molar-refractivity contribution is 7.93. The molecule has 1 aromatic heterocycles. The minimum absolute atomic E-state index is 0.0972. The molecule has 5 rings (SSSR count). The van der Waals surface area contributed by atoms with Gasteiger partial charge in [-0.3, -0.25) is 0 Å². The van der Waals surface area contributed by atoms with Crippen LogP contribution >= 0.6 is 11.3 Å². The lowest BCUT2D eigenvalue weighted by molar-refractivity contribution is 0.109. The lowest BCUT2D eigenvalue weighted by Gasteiger charge is -2.28. The zero-order chi connectivity index (χ0) is 29.0. The molecule has 0 radical (unpaired) electrons. The second kappa shape index (κ2) is 12.6. The Morgan fingerprint density at radius 1 is 1.07 bits per heavy atom. The summed E-state index contributed by atoms with van der Waals surface area (Å²) in [6.07, 6.45) is 6.36.